The third kappa shape index (κ3) is 4.09. The number of carbonyl (C=O) groups excluding carboxylic acids is 2. The highest BCUT2D eigenvalue weighted by molar-refractivity contribution is 6.55. The lowest BCUT2D eigenvalue weighted by Gasteiger charge is -2.31. The van der Waals surface area contributed by atoms with Crippen LogP contribution in [0.2, 0.25) is 0 Å². The van der Waals surface area contributed by atoms with Crippen LogP contribution in [0.1, 0.15) is 6.92 Å². The predicted octanol–water partition coefficient (Wildman–Crippen LogP) is 1.47. The summed E-state index contributed by atoms with van der Waals surface area (Å²) in [5.41, 5.74) is 0. The first-order valence-electron chi connectivity index (χ1n) is 3.41. The smallest absolute Gasteiger partial charge is 0.272 e. The van der Waals surface area contributed by atoms with Gasteiger partial charge in [0.25, 0.3) is 10.5 Å². The van der Waals surface area contributed by atoms with E-state index < -0.39 is 21.2 Å². The van der Waals surface area contributed by atoms with Gasteiger partial charge in [0.15, 0.2) is 4.84 Å². The topological polar surface area (TPSA) is 49.4 Å². The highest BCUT2D eigenvalue weighted by Gasteiger charge is 2.36. The highest BCUT2D eigenvalue weighted by Crippen LogP contribution is 2.23. The van der Waals surface area contributed by atoms with Gasteiger partial charge in [-0.1, -0.05) is 46.4 Å². The van der Waals surface area contributed by atoms with Crippen molar-refractivity contribution in [2.45, 2.75) is 16.3 Å². The molecular weight excluding hydrogens is 274 g/mol. The summed E-state index contributed by atoms with van der Waals surface area (Å²) in [6.07, 6.45) is 0. The summed E-state index contributed by atoms with van der Waals surface area (Å²) in [7, 11) is 1.26. The van der Waals surface area contributed by atoms with Crippen LogP contribution in [0, 0.1) is 0 Å². The molecule has 0 atom stereocenters. The Kier molecular flexibility index (Phi) is 5.30. The molecule has 2 amide bonds. The Morgan fingerprint density at radius 3 is 2.07 bits per heavy atom. The van der Waals surface area contributed by atoms with E-state index in [1.807, 2.05) is 0 Å². The summed E-state index contributed by atoms with van der Waals surface area (Å²) < 4.78 is -1.86. The molecule has 0 radical (unpaired) electrons. The second-order valence-corrected chi connectivity index (χ2v) is 4.80. The standard InChI is InChI=1S/C6H8Cl4N2O2/c1-3(13)11-6(9,10)12(2)5(14)4(7)8/h4H,1-2H3,(H,11,13). The van der Waals surface area contributed by atoms with Crippen LogP contribution < -0.4 is 5.32 Å². The number of alkyl halides is 4. The van der Waals surface area contributed by atoms with Gasteiger partial charge in [-0.05, 0) is 0 Å². The van der Waals surface area contributed by atoms with Crippen molar-refractivity contribution >= 4 is 58.2 Å². The molecule has 0 heterocycles. The quantitative estimate of drug-likeness (QED) is 0.484. The molecule has 0 saturated carbocycles. The van der Waals surface area contributed by atoms with Crippen LogP contribution in [0.5, 0.6) is 0 Å². The van der Waals surface area contributed by atoms with Crippen LogP contribution in [-0.2, 0) is 9.59 Å². The van der Waals surface area contributed by atoms with Crippen LogP contribution in [0.25, 0.3) is 0 Å². The molecule has 0 spiro atoms. The number of carbonyl (C=O) groups is 2. The Morgan fingerprint density at radius 1 is 1.36 bits per heavy atom. The van der Waals surface area contributed by atoms with Gasteiger partial charge in [-0.15, -0.1) is 0 Å². The van der Waals surface area contributed by atoms with E-state index in [0.717, 1.165) is 4.90 Å². The molecular formula is C6H8Cl4N2O2. The number of amides is 2. The minimum absolute atomic E-state index is 0.490. The third-order valence-corrected chi connectivity index (χ3v) is 2.33. The molecule has 0 rings (SSSR count). The van der Waals surface area contributed by atoms with Crippen molar-refractivity contribution in [1.29, 1.82) is 0 Å². The fraction of sp³-hybridized carbons (Fsp3) is 0.667. The lowest BCUT2D eigenvalue weighted by atomic mass is 10.6. The van der Waals surface area contributed by atoms with Crippen LogP contribution in [0.3, 0.4) is 0 Å². The Labute approximate surface area is 101 Å². The molecule has 0 aliphatic carbocycles. The van der Waals surface area contributed by atoms with Crippen molar-refractivity contribution in [2.75, 3.05) is 7.05 Å². The van der Waals surface area contributed by atoms with Gasteiger partial charge in [0.1, 0.15) is 0 Å². The largest absolute Gasteiger partial charge is 0.308 e. The lowest BCUT2D eigenvalue weighted by molar-refractivity contribution is -0.131. The second-order valence-electron chi connectivity index (χ2n) is 2.42. The maximum atomic E-state index is 11.2. The summed E-state index contributed by atoms with van der Waals surface area (Å²) in [5, 5.41) is 2.13. The Balaban J connectivity index is 4.57. The average molecular weight is 282 g/mol. The maximum absolute atomic E-state index is 11.2. The van der Waals surface area contributed by atoms with E-state index in [9.17, 15) is 9.59 Å². The van der Waals surface area contributed by atoms with Gasteiger partial charge < -0.3 is 5.32 Å². The minimum atomic E-state index is -1.86. The van der Waals surface area contributed by atoms with Crippen LogP contribution in [0.15, 0.2) is 0 Å². The molecule has 0 aliphatic heterocycles. The number of halogens is 4. The molecule has 0 fully saturated rings. The molecule has 0 saturated heterocycles. The second kappa shape index (κ2) is 5.26. The molecule has 1 N–H and O–H groups in total. The fourth-order valence-electron chi connectivity index (χ4n) is 0.580. The van der Waals surface area contributed by atoms with Gasteiger partial charge >= 0.3 is 0 Å². The van der Waals surface area contributed by atoms with E-state index in [-0.39, 0.29) is 0 Å². The fourth-order valence-corrected chi connectivity index (χ4v) is 1.31. The molecule has 82 valence electrons. The van der Waals surface area contributed by atoms with E-state index in [2.05, 4.69) is 5.32 Å². The Morgan fingerprint density at radius 2 is 1.79 bits per heavy atom. The van der Waals surface area contributed by atoms with Crippen LogP contribution >= 0.6 is 46.4 Å². The number of nitrogens with one attached hydrogen (secondary N) is 1. The Hall–Kier alpha value is 0.1000. The number of hydrogen-bond acceptors (Lipinski definition) is 2. The van der Waals surface area contributed by atoms with Crippen molar-refractivity contribution in [3.8, 4) is 0 Å². The number of rotatable bonds is 3. The summed E-state index contributed by atoms with van der Waals surface area (Å²) >= 11 is 21.9. The molecule has 0 aliphatic rings. The van der Waals surface area contributed by atoms with Crippen molar-refractivity contribution in [3.63, 3.8) is 0 Å². The van der Waals surface area contributed by atoms with Gasteiger partial charge in [-0.3, -0.25) is 14.5 Å². The van der Waals surface area contributed by atoms with Crippen LogP contribution in [0.4, 0.5) is 0 Å². The zero-order valence-corrected chi connectivity index (χ0v) is 10.4. The van der Waals surface area contributed by atoms with E-state index in [1.54, 1.807) is 0 Å². The van der Waals surface area contributed by atoms with Gasteiger partial charge in [0, 0.05) is 14.0 Å². The zero-order chi connectivity index (χ0) is 11.5. The molecule has 0 aromatic carbocycles. The normalized spacial score (nSPS) is 11.4. The van der Waals surface area contributed by atoms with Crippen molar-refractivity contribution in [3.05, 3.63) is 0 Å². The first-order valence-corrected chi connectivity index (χ1v) is 5.03. The average Bonchev–Trinajstić information content (AvgIpc) is 1.99. The van der Waals surface area contributed by atoms with Crippen molar-refractivity contribution in [1.82, 2.24) is 10.2 Å². The summed E-state index contributed by atoms with van der Waals surface area (Å²) in [4.78, 5) is 21.4. The molecule has 8 heteroatoms. The predicted molar refractivity (Wildman–Crippen MR) is 56.5 cm³/mol. The minimum Gasteiger partial charge on any atom is -0.308 e. The van der Waals surface area contributed by atoms with Crippen molar-refractivity contribution in [2.24, 2.45) is 0 Å². The first-order chi connectivity index (χ1) is 6.18. The molecule has 0 bridgehead atoms. The van der Waals surface area contributed by atoms with E-state index in [1.165, 1.54) is 14.0 Å². The summed E-state index contributed by atoms with van der Waals surface area (Å²) in [6, 6.07) is 0. The molecule has 0 unspecified atom stereocenters. The summed E-state index contributed by atoms with van der Waals surface area (Å²) in [5.74, 6) is -1.21. The van der Waals surface area contributed by atoms with Gasteiger partial charge in [-0.2, -0.15) is 0 Å². The molecule has 0 aromatic rings. The third-order valence-electron chi connectivity index (χ3n) is 1.26. The molecule has 4 nitrogen and oxygen atoms in total. The van der Waals surface area contributed by atoms with E-state index in [4.69, 9.17) is 46.4 Å². The highest BCUT2D eigenvalue weighted by atomic mass is 35.5. The SMILES string of the molecule is CC(=O)NC(Cl)(Cl)N(C)C(=O)C(Cl)Cl. The molecule has 0 aromatic heterocycles. The van der Waals surface area contributed by atoms with Crippen LogP contribution in [-0.4, -0.2) is 33.2 Å². The molecule has 14 heavy (non-hydrogen) atoms. The van der Waals surface area contributed by atoms with Crippen molar-refractivity contribution < 1.29 is 9.59 Å². The van der Waals surface area contributed by atoms with E-state index in [0.29, 0.717) is 0 Å². The van der Waals surface area contributed by atoms with Gasteiger partial charge in [0.2, 0.25) is 5.91 Å². The van der Waals surface area contributed by atoms with Gasteiger partial charge in [-0.25, -0.2) is 0 Å². The first kappa shape index (κ1) is 14.1. The zero-order valence-electron chi connectivity index (χ0n) is 7.35. The lowest BCUT2D eigenvalue weighted by Crippen LogP contribution is -2.54. The van der Waals surface area contributed by atoms with E-state index >= 15 is 0 Å². The summed E-state index contributed by atoms with van der Waals surface area (Å²) in [6.45, 7) is 1.21. The number of hydrogen-bond donors (Lipinski definition) is 1. The van der Waals surface area contributed by atoms with Gasteiger partial charge in [0.05, 0.1) is 0 Å². The monoisotopic (exact) mass is 280 g/mol. The Bertz CT molecular complexity index is 244. The maximum Gasteiger partial charge on any atom is 0.272 e. The number of nitrogens with zero attached hydrogens (tertiary/aromatic N) is 1.